The summed E-state index contributed by atoms with van der Waals surface area (Å²) in [6.07, 6.45) is 5.00. The fourth-order valence-electron chi connectivity index (χ4n) is 3.67. The van der Waals surface area contributed by atoms with Gasteiger partial charge in [-0.1, -0.05) is 6.92 Å². The van der Waals surface area contributed by atoms with Crippen LogP contribution in [0.25, 0.3) is 0 Å². The highest BCUT2D eigenvalue weighted by atomic mass is 15.2. The van der Waals surface area contributed by atoms with Crippen LogP contribution in [-0.2, 0) is 13.0 Å². The Morgan fingerprint density at radius 3 is 2.84 bits per heavy atom. The Morgan fingerprint density at radius 2 is 2.11 bits per heavy atom. The molecule has 0 radical (unpaired) electrons. The van der Waals surface area contributed by atoms with Crippen molar-refractivity contribution in [1.29, 1.82) is 0 Å². The highest BCUT2D eigenvalue weighted by Gasteiger charge is 2.26. The first-order valence-electron chi connectivity index (χ1n) is 7.79. The van der Waals surface area contributed by atoms with Crippen molar-refractivity contribution in [3.8, 4) is 0 Å². The standard InChI is InChI=1S/C15H26N4/c1-3-8-18-9-5-13(6-10-18)19-12(2)17-14-11-16-7-4-15(14)19/h13,16H,3-11H2,1-2H3. The van der Waals surface area contributed by atoms with E-state index in [1.807, 2.05) is 0 Å². The number of rotatable bonds is 3. The average molecular weight is 262 g/mol. The summed E-state index contributed by atoms with van der Waals surface area (Å²) in [5.41, 5.74) is 2.80. The van der Waals surface area contributed by atoms with Crippen LogP contribution >= 0.6 is 0 Å². The zero-order chi connectivity index (χ0) is 13.2. The van der Waals surface area contributed by atoms with Crippen LogP contribution in [0.1, 0.15) is 49.4 Å². The Morgan fingerprint density at radius 1 is 1.32 bits per heavy atom. The minimum absolute atomic E-state index is 0.683. The Balaban J connectivity index is 1.75. The van der Waals surface area contributed by atoms with Gasteiger partial charge >= 0.3 is 0 Å². The fraction of sp³-hybridized carbons (Fsp3) is 0.800. The molecule has 19 heavy (non-hydrogen) atoms. The van der Waals surface area contributed by atoms with Crippen molar-refractivity contribution in [3.63, 3.8) is 0 Å². The Bertz CT molecular complexity index is 430. The lowest BCUT2D eigenvalue weighted by Gasteiger charge is -2.34. The second kappa shape index (κ2) is 5.63. The van der Waals surface area contributed by atoms with E-state index < -0.39 is 0 Å². The molecule has 0 spiro atoms. The number of imidazole rings is 1. The summed E-state index contributed by atoms with van der Waals surface area (Å²) < 4.78 is 2.56. The maximum absolute atomic E-state index is 4.77. The lowest BCUT2D eigenvalue weighted by atomic mass is 10.0. The number of aromatic nitrogens is 2. The second-order valence-corrected chi connectivity index (χ2v) is 5.92. The molecule has 2 aliphatic rings. The van der Waals surface area contributed by atoms with Crippen LogP contribution in [0.2, 0.25) is 0 Å². The molecule has 4 heteroatoms. The molecule has 1 saturated heterocycles. The Kier molecular flexibility index (Phi) is 3.89. The second-order valence-electron chi connectivity index (χ2n) is 5.92. The molecule has 3 heterocycles. The fourth-order valence-corrected chi connectivity index (χ4v) is 3.67. The highest BCUT2D eigenvalue weighted by molar-refractivity contribution is 5.21. The largest absolute Gasteiger partial charge is 0.329 e. The molecule has 1 N–H and O–H groups in total. The van der Waals surface area contributed by atoms with Crippen molar-refractivity contribution < 1.29 is 0 Å². The van der Waals surface area contributed by atoms with E-state index in [1.54, 1.807) is 0 Å². The molecule has 0 aromatic carbocycles. The van der Waals surface area contributed by atoms with Crippen molar-refractivity contribution >= 4 is 0 Å². The first kappa shape index (κ1) is 13.1. The van der Waals surface area contributed by atoms with Gasteiger partial charge in [0.15, 0.2) is 0 Å². The monoisotopic (exact) mass is 262 g/mol. The van der Waals surface area contributed by atoms with E-state index in [2.05, 4.69) is 28.6 Å². The summed E-state index contributed by atoms with van der Waals surface area (Å²) in [6, 6.07) is 0.683. The van der Waals surface area contributed by atoms with Gasteiger partial charge in [-0.25, -0.2) is 4.98 Å². The van der Waals surface area contributed by atoms with Gasteiger partial charge in [-0.2, -0.15) is 0 Å². The van der Waals surface area contributed by atoms with Gasteiger partial charge in [0.2, 0.25) is 0 Å². The molecule has 1 aromatic rings. The minimum atomic E-state index is 0.683. The van der Waals surface area contributed by atoms with Crippen LogP contribution in [0.5, 0.6) is 0 Å². The molecule has 106 valence electrons. The van der Waals surface area contributed by atoms with Gasteiger partial charge in [-0.15, -0.1) is 0 Å². The molecule has 0 unspecified atom stereocenters. The molecule has 4 nitrogen and oxygen atoms in total. The van der Waals surface area contributed by atoms with Gasteiger partial charge in [-0.05, 0) is 32.7 Å². The maximum atomic E-state index is 4.77. The molecule has 3 rings (SSSR count). The van der Waals surface area contributed by atoms with Gasteiger partial charge in [0.1, 0.15) is 5.82 Å². The van der Waals surface area contributed by atoms with E-state index in [0.29, 0.717) is 6.04 Å². The highest BCUT2D eigenvalue weighted by Crippen LogP contribution is 2.28. The van der Waals surface area contributed by atoms with Crippen LogP contribution in [0.4, 0.5) is 0 Å². The van der Waals surface area contributed by atoms with Gasteiger partial charge in [0, 0.05) is 44.3 Å². The Labute approximate surface area is 116 Å². The zero-order valence-corrected chi connectivity index (χ0v) is 12.3. The van der Waals surface area contributed by atoms with E-state index in [1.165, 1.54) is 56.1 Å². The summed E-state index contributed by atoms with van der Waals surface area (Å²) in [5.74, 6) is 1.22. The van der Waals surface area contributed by atoms with Crippen LogP contribution in [0, 0.1) is 6.92 Å². The molecule has 0 saturated carbocycles. The normalized spacial score (nSPS) is 21.6. The minimum Gasteiger partial charge on any atom is -0.329 e. The number of hydrogen-bond acceptors (Lipinski definition) is 3. The van der Waals surface area contributed by atoms with Crippen molar-refractivity contribution in [2.24, 2.45) is 0 Å². The number of aryl methyl sites for hydroxylation is 1. The number of piperidine rings is 1. The molecule has 1 fully saturated rings. The molecule has 2 aliphatic heterocycles. The van der Waals surface area contributed by atoms with Crippen molar-refractivity contribution in [2.45, 2.75) is 52.1 Å². The zero-order valence-electron chi connectivity index (χ0n) is 12.3. The van der Waals surface area contributed by atoms with E-state index in [9.17, 15) is 0 Å². The van der Waals surface area contributed by atoms with Crippen LogP contribution in [0.15, 0.2) is 0 Å². The van der Waals surface area contributed by atoms with Crippen LogP contribution in [0.3, 0.4) is 0 Å². The number of nitrogens with zero attached hydrogens (tertiary/aromatic N) is 3. The quantitative estimate of drug-likeness (QED) is 0.903. The molecule has 0 bridgehead atoms. The Hall–Kier alpha value is -0.870. The number of hydrogen-bond donors (Lipinski definition) is 1. The summed E-state index contributed by atoms with van der Waals surface area (Å²) in [5, 5.41) is 3.42. The van der Waals surface area contributed by atoms with Crippen LogP contribution in [-0.4, -0.2) is 40.6 Å². The van der Waals surface area contributed by atoms with E-state index in [0.717, 1.165) is 19.5 Å². The van der Waals surface area contributed by atoms with Gasteiger partial charge in [-0.3, -0.25) is 0 Å². The van der Waals surface area contributed by atoms with Gasteiger partial charge in [0.05, 0.1) is 5.69 Å². The predicted octanol–water partition coefficient (Wildman–Crippen LogP) is 1.88. The van der Waals surface area contributed by atoms with Crippen molar-refractivity contribution in [2.75, 3.05) is 26.2 Å². The summed E-state index contributed by atoms with van der Waals surface area (Å²) in [7, 11) is 0. The SMILES string of the molecule is CCCN1CCC(n2c(C)nc3c2CCNC3)CC1. The summed E-state index contributed by atoms with van der Waals surface area (Å²) in [6.45, 7) is 10.3. The van der Waals surface area contributed by atoms with Crippen molar-refractivity contribution in [3.05, 3.63) is 17.2 Å². The average Bonchev–Trinajstić information content (AvgIpc) is 2.76. The molecule has 0 aliphatic carbocycles. The molecule has 0 atom stereocenters. The van der Waals surface area contributed by atoms with E-state index in [4.69, 9.17) is 4.98 Å². The summed E-state index contributed by atoms with van der Waals surface area (Å²) in [4.78, 5) is 7.38. The lowest BCUT2D eigenvalue weighted by Crippen LogP contribution is -2.36. The number of fused-ring (bicyclic) bond motifs is 1. The third-order valence-electron chi connectivity index (χ3n) is 4.56. The molecular weight excluding hydrogens is 236 g/mol. The third-order valence-corrected chi connectivity index (χ3v) is 4.56. The molecule has 1 aromatic heterocycles. The van der Waals surface area contributed by atoms with Gasteiger partial charge < -0.3 is 14.8 Å². The maximum Gasteiger partial charge on any atom is 0.106 e. The van der Waals surface area contributed by atoms with E-state index in [-0.39, 0.29) is 0 Å². The third kappa shape index (κ3) is 2.56. The molecule has 0 amide bonds. The van der Waals surface area contributed by atoms with Gasteiger partial charge in [0.25, 0.3) is 0 Å². The topological polar surface area (TPSA) is 33.1 Å². The van der Waals surface area contributed by atoms with Crippen LogP contribution < -0.4 is 5.32 Å². The lowest BCUT2D eigenvalue weighted by molar-refractivity contribution is 0.184. The van der Waals surface area contributed by atoms with Crippen molar-refractivity contribution in [1.82, 2.24) is 19.8 Å². The van der Waals surface area contributed by atoms with E-state index >= 15 is 0 Å². The number of nitrogens with one attached hydrogen (secondary N) is 1. The smallest absolute Gasteiger partial charge is 0.106 e. The predicted molar refractivity (Wildman–Crippen MR) is 77.4 cm³/mol. The number of likely N-dealkylation sites (tertiary alicyclic amines) is 1. The first-order chi connectivity index (χ1) is 9.29. The molecular formula is C15H26N4. The summed E-state index contributed by atoms with van der Waals surface area (Å²) >= 11 is 0. The first-order valence-corrected chi connectivity index (χ1v) is 7.79.